The van der Waals surface area contributed by atoms with Crippen LogP contribution >= 0.6 is 0 Å². The molecule has 178 valence electrons. The maximum Gasteiger partial charge on any atom is 0.273 e. The van der Waals surface area contributed by atoms with Gasteiger partial charge >= 0.3 is 0 Å². The van der Waals surface area contributed by atoms with Crippen molar-refractivity contribution in [2.75, 3.05) is 34.4 Å². The largest absolute Gasteiger partial charge is 0.493 e. The molecule has 0 fully saturated rings. The number of benzene rings is 3. The first kappa shape index (κ1) is 24.4. The lowest BCUT2D eigenvalue weighted by atomic mass is 10.2. The molecule has 0 aliphatic carbocycles. The van der Waals surface area contributed by atoms with E-state index in [4.69, 9.17) is 18.9 Å². The van der Waals surface area contributed by atoms with E-state index >= 15 is 0 Å². The number of non-ortho nitro benzene ring substituents is 1. The van der Waals surface area contributed by atoms with Gasteiger partial charge in [-0.1, -0.05) is 36.4 Å². The number of hydrogen-bond acceptors (Lipinski definition) is 7. The average molecular weight is 465 g/mol. The highest BCUT2D eigenvalue weighted by Crippen LogP contribution is 2.32. The quantitative estimate of drug-likeness (QED) is 0.270. The summed E-state index contributed by atoms with van der Waals surface area (Å²) in [6.45, 7) is 1.25. The van der Waals surface area contributed by atoms with Crippen LogP contribution in [0.15, 0.2) is 72.9 Å². The van der Waals surface area contributed by atoms with E-state index in [1.807, 2.05) is 72.8 Å². The van der Waals surface area contributed by atoms with Gasteiger partial charge < -0.3 is 23.8 Å². The maximum atomic E-state index is 11.2. The van der Waals surface area contributed by atoms with Crippen LogP contribution in [0.5, 0.6) is 23.0 Å². The van der Waals surface area contributed by atoms with E-state index in [2.05, 4.69) is 0 Å². The molecule has 8 nitrogen and oxygen atoms in total. The summed E-state index contributed by atoms with van der Waals surface area (Å²) in [6, 6.07) is 19.7. The van der Waals surface area contributed by atoms with Crippen molar-refractivity contribution in [2.45, 2.75) is 6.61 Å². The van der Waals surface area contributed by atoms with Crippen molar-refractivity contribution in [1.82, 2.24) is 4.90 Å². The normalized spacial score (nSPS) is 10.7. The second kappa shape index (κ2) is 12.2. The minimum absolute atomic E-state index is 0.0506. The molecule has 34 heavy (non-hydrogen) atoms. The number of rotatable bonds is 12. The summed E-state index contributed by atoms with van der Waals surface area (Å²) in [5, 5.41) is 11.2. The third kappa shape index (κ3) is 6.90. The van der Waals surface area contributed by atoms with E-state index in [1.165, 1.54) is 12.1 Å². The number of nitro groups is 1. The molecular formula is C26H28N2O6. The monoisotopic (exact) mass is 464 g/mol. The molecular weight excluding hydrogens is 436 g/mol. The summed E-state index contributed by atoms with van der Waals surface area (Å²) in [4.78, 5) is 12.7. The summed E-state index contributed by atoms with van der Waals surface area (Å²) in [5.74, 6) is 2.13. The molecule has 0 aromatic heterocycles. The summed E-state index contributed by atoms with van der Waals surface area (Å²) in [6.07, 6.45) is 3.90. The number of methoxy groups -OCH3 is 2. The van der Waals surface area contributed by atoms with Crippen LogP contribution in [0.2, 0.25) is 0 Å². The first-order valence-corrected chi connectivity index (χ1v) is 10.7. The van der Waals surface area contributed by atoms with Crippen LogP contribution in [-0.4, -0.2) is 44.2 Å². The van der Waals surface area contributed by atoms with Gasteiger partial charge in [0.25, 0.3) is 5.69 Å². The summed E-state index contributed by atoms with van der Waals surface area (Å²) in [5.41, 5.74) is 1.88. The van der Waals surface area contributed by atoms with Crippen LogP contribution in [0, 0.1) is 10.1 Å². The number of ether oxygens (including phenoxy) is 4. The molecule has 3 aromatic rings. The van der Waals surface area contributed by atoms with Gasteiger partial charge in [0.05, 0.1) is 31.8 Å². The molecule has 0 radical (unpaired) electrons. The topological polar surface area (TPSA) is 83.3 Å². The Morgan fingerprint density at radius 3 is 2.32 bits per heavy atom. The second-order valence-electron chi connectivity index (χ2n) is 7.42. The van der Waals surface area contributed by atoms with Crippen molar-refractivity contribution in [1.29, 1.82) is 0 Å². The smallest absolute Gasteiger partial charge is 0.273 e. The molecule has 3 aromatic carbocycles. The molecule has 0 heterocycles. The fourth-order valence-corrected chi connectivity index (χ4v) is 3.12. The third-order valence-corrected chi connectivity index (χ3v) is 5.01. The van der Waals surface area contributed by atoms with Gasteiger partial charge in [0, 0.05) is 13.1 Å². The van der Waals surface area contributed by atoms with E-state index in [0.29, 0.717) is 36.1 Å². The lowest BCUT2D eigenvalue weighted by Gasteiger charge is -2.16. The van der Waals surface area contributed by atoms with E-state index in [0.717, 1.165) is 11.1 Å². The molecule has 0 saturated heterocycles. The molecule has 0 bridgehead atoms. The first-order chi connectivity index (χ1) is 16.5. The summed E-state index contributed by atoms with van der Waals surface area (Å²) < 4.78 is 22.3. The Kier molecular flexibility index (Phi) is 8.73. The van der Waals surface area contributed by atoms with Crippen molar-refractivity contribution in [3.63, 3.8) is 0 Å². The van der Waals surface area contributed by atoms with Gasteiger partial charge in [-0.25, -0.2) is 0 Å². The van der Waals surface area contributed by atoms with Gasteiger partial charge in [-0.15, -0.1) is 0 Å². The van der Waals surface area contributed by atoms with E-state index in [-0.39, 0.29) is 12.3 Å². The van der Waals surface area contributed by atoms with Crippen molar-refractivity contribution in [3.05, 3.63) is 94.2 Å². The van der Waals surface area contributed by atoms with Crippen molar-refractivity contribution >= 4 is 11.8 Å². The zero-order valence-electron chi connectivity index (χ0n) is 19.5. The predicted octanol–water partition coefficient (Wildman–Crippen LogP) is 5.17. The second-order valence-corrected chi connectivity index (χ2v) is 7.42. The highest BCUT2D eigenvalue weighted by molar-refractivity contribution is 5.55. The zero-order chi connectivity index (χ0) is 24.3. The Hall–Kier alpha value is -4.20. The van der Waals surface area contributed by atoms with Crippen molar-refractivity contribution in [2.24, 2.45) is 0 Å². The van der Waals surface area contributed by atoms with Crippen LogP contribution in [-0.2, 0) is 6.61 Å². The highest BCUT2D eigenvalue weighted by atomic mass is 16.6. The van der Waals surface area contributed by atoms with Gasteiger partial charge in [0.15, 0.2) is 23.0 Å². The van der Waals surface area contributed by atoms with E-state index in [9.17, 15) is 10.1 Å². The molecule has 3 rings (SSSR count). The lowest BCUT2D eigenvalue weighted by Crippen LogP contribution is -2.19. The molecule has 0 unspecified atom stereocenters. The van der Waals surface area contributed by atoms with E-state index in [1.54, 1.807) is 20.3 Å². The summed E-state index contributed by atoms with van der Waals surface area (Å²) in [7, 11) is 5.14. The Morgan fingerprint density at radius 1 is 0.882 bits per heavy atom. The Labute approximate surface area is 199 Å². The SMILES string of the molecule is COc1ccc(C=CN(C)CCOc2ccc([N+](=O)[O-])cc2OCc2ccccc2)cc1OC. The predicted molar refractivity (Wildman–Crippen MR) is 131 cm³/mol. The lowest BCUT2D eigenvalue weighted by molar-refractivity contribution is -0.385. The minimum Gasteiger partial charge on any atom is -0.493 e. The zero-order valence-corrected chi connectivity index (χ0v) is 19.5. The number of likely N-dealkylation sites (N-methyl/N-ethyl adjacent to an activating group) is 1. The summed E-state index contributed by atoms with van der Waals surface area (Å²) >= 11 is 0. The highest BCUT2D eigenvalue weighted by Gasteiger charge is 2.13. The molecule has 0 saturated carbocycles. The Morgan fingerprint density at radius 2 is 1.62 bits per heavy atom. The van der Waals surface area contributed by atoms with Gasteiger partial charge in [-0.2, -0.15) is 0 Å². The number of hydrogen-bond donors (Lipinski definition) is 0. The van der Waals surface area contributed by atoms with Gasteiger partial charge in [0.1, 0.15) is 13.2 Å². The number of nitrogens with zero attached hydrogens (tertiary/aromatic N) is 2. The average Bonchev–Trinajstić information content (AvgIpc) is 2.87. The van der Waals surface area contributed by atoms with Gasteiger partial charge in [-0.05, 0) is 41.6 Å². The van der Waals surface area contributed by atoms with Crippen molar-refractivity contribution in [3.8, 4) is 23.0 Å². The molecule has 0 spiro atoms. The van der Waals surface area contributed by atoms with Gasteiger partial charge in [-0.3, -0.25) is 10.1 Å². The van der Waals surface area contributed by atoms with Crippen LogP contribution in [0.1, 0.15) is 11.1 Å². The number of nitro benzene ring substituents is 1. The fourth-order valence-electron chi connectivity index (χ4n) is 3.12. The Bertz CT molecular complexity index is 1120. The van der Waals surface area contributed by atoms with E-state index < -0.39 is 4.92 Å². The molecule has 0 N–H and O–H groups in total. The standard InChI is InChI=1S/C26H28N2O6/c1-27(14-13-20-9-11-23(31-2)25(17-20)32-3)15-16-33-24-12-10-22(28(29)30)18-26(24)34-19-21-7-5-4-6-8-21/h4-14,17-18H,15-16,19H2,1-3H3. The van der Waals surface area contributed by atoms with Crippen LogP contribution in [0.3, 0.4) is 0 Å². The van der Waals surface area contributed by atoms with Gasteiger partial charge in [0.2, 0.25) is 0 Å². The molecule has 8 heteroatoms. The molecule has 0 amide bonds. The minimum atomic E-state index is -0.452. The molecule has 0 atom stereocenters. The van der Waals surface area contributed by atoms with Crippen LogP contribution in [0.25, 0.3) is 6.08 Å². The molecule has 0 aliphatic rings. The Balaban J connectivity index is 1.59. The third-order valence-electron chi connectivity index (χ3n) is 5.01. The van der Waals surface area contributed by atoms with Crippen LogP contribution in [0.4, 0.5) is 5.69 Å². The van der Waals surface area contributed by atoms with Crippen LogP contribution < -0.4 is 18.9 Å². The van der Waals surface area contributed by atoms with Crippen molar-refractivity contribution < 1.29 is 23.9 Å². The maximum absolute atomic E-state index is 11.2. The molecule has 0 aliphatic heterocycles. The fraction of sp³-hybridized carbons (Fsp3) is 0.231. The first-order valence-electron chi connectivity index (χ1n) is 10.7.